The van der Waals surface area contributed by atoms with Crippen molar-refractivity contribution in [1.29, 1.82) is 0 Å². The summed E-state index contributed by atoms with van der Waals surface area (Å²) in [5, 5.41) is 1.86. The van der Waals surface area contributed by atoms with Gasteiger partial charge >= 0.3 is 0 Å². The molecule has 2 heterocycles. The van der Waals surface area contributed by atoms with Crippen molar-refractivity contribution in [1.82, 2.24) is 9.80 Å². The van der Waals surface area contributed by atoms with E-state index in [4.69, 9.17) is 14.2 Å². The average Bonchev–Trinajstić information content (AvgIpc) is 3.19. The summed E-state index contributed by atoms with van der Waals surface area (Å²) in [4.78, 5) is 40.9. The predicted octanol–water partition coefficient (Wildman–Crippen LogP) is 4.93. The number of hydrogen-bond acceptors (Lipinski definition) is 7. The number of carbonyl (C=O) groups excluding carboxylic acids is 3. The van der Waals surface area contributed by atoms with E-state index in [0.717, 1.165) is 31.2 Å². The number of ether oxygens (including phenoxy) is 3. The lowest BCUT2D eigenvalue weighted by molar-refractivity contribution is -0.139. The molecule has 0 N–H and O–H groups in total. The summed E-state index contributed by atoms with van der Waals surface area (Å²) in [7, 11) is 1.56. The highest BCUT2D eigenvalue weighted by molar-refractivity contribution is 14.1. The van der Waals surface area contributed by atoms with Crippen molar-refractivity contribution in [3.63, 3.8) is 0 Å². The van der Waals surface area contributed by atoms with Gasteiger partial charge in [0.05, 0.1) is 28.8 Å². The molecular formula is C28H25IN2O6S. The molecule has 8 nitrogen and oxygen atoms in total. The minimum absolute atomic E-state index is 0.257. The Labute approximate surface area is 238 Å². The molecule has 10 heteroatoms. The van der Waals surface area contributed by atoms with Crippen LogP contribution in [0, 0.1) is 3.57 Å². The maximum Gasteiger partial charge on any atom is 0.294 e. The first kappa shape index (κ1) is 26.5. The Morgan fingerprint density at radius 1 is 1.08 bits per heavy atom. The van der Waals surface area contributed by atoms with E-state index >= 15 is 0 Å². The van der Waals surface area contributed by atoms with Crippen molar-refractivity contribution in [2.24, 2.45) is 0 Å². The number of nitrogens with zero attached hydrogens (tertiary/aromatic N) is 2. The van der Waals surface area contributed by atoms with E-state index in [1.54, 1.807) is 24.2 Å². The van der Waals surface area contributed by atoms with Crippen molar-refractivity contribution >= 4 is 68.3 Å². The van der Waals surface area contributed by atoms with Crippen molar-refractivity contribution in [2.45, 2.75) is 6.61 Å². The Bertz CT molecular complexity index is 1440. The van der Waals surface area contributed by atoms with Crippen molar-refractivity contribution in [3.05, 3.63) is 74.2 Å². The SMILES string of the molecule is COc1cc(/C=C2/SC(=O)N(CC(=O)N3CCOCC3)C2=O)cc(I)c1OCc1ccc2ccccc2c1. The van der Waals surface area contributed by atoms with Gasteiger partial charge < -0.3 is 19.1 Å². The Hall–Kier alpha value is -3.09. The molecule has 2 fully saturated rings. The molecule has 2 aliphatic heterocycles. The van der Waals surface area contributed by atoms with E-state index in [0.29, 0.717) is 50.0 Å². The Morgan fingerprint density at radius 2 is 1.84 bits per heavy atom. The van der Waals surface area contributed by atoms with Gasteiger partial charge in [-0.25, -0.2) is 0 Å². The fourth-order valence-corrected chi connectivity index (χ4v) is 5.90. The van der Waals surface area contributed by atoms with Crippen LogP contribution < -0.4 is 9.47 Å². The fraction of sp³-hybridized carbons (Fsp3) is 0.250. The quantitative estimate of drug-likeness (QED) is 0.267. The average molecular weight is 644 g/mol. The van der Waals surface area contributed by atoms with E-state index in [2.05, 4.69) is 46.9 Å². The molecule has 3 amide bonds. The van der Waals surface area contributed by atoms with Gasteiger partial charge in [-0.1, -0.05) is 36.4 Å². The third-order valence-electron chi connectivity index (χ3n) is 6.28. The number of fused-ring (bicyclic) bond motifs is 1. The molecule has 5 rings (SSSR count). The second-order valence-corrected chi connectivity index (χ2v) is 10.9. The zero-order valence-corrected chi connectivity index (χ0v) is 23.6. The number of benzene rings is 3. The molecule has 0 atom stereocenters. The van der Waals surface area contributed by atoms with Crippen LogP contribution in [0.15, 0.2) is 59.5 Å². The highest BCUT2D eigenvalue weighted by atomic mass is 127. The number of rotatable bonds is 7. The summed E-state index contributed by atoms with van der Waals surface area (Å²) in [5.74, 6) is 0.376. The van der Waals surface area contributed by atoms with E-state index in [9.17, 15) is 14.4 Å². The van der Waals surface area contributed by atoms with E-state index in [1.807, 2.05) is 24.3 Å². The monoisotopic (exact) mass is 644 g/mol. The van der Waals surface area contributed by atoms with Crippen molar-refractivity contribution < 1.29 is 28.6 Å². The van der Waals surface area contributed by atoms with E-state index < -0.39 is 11.1 Å². The summed E-state index contributed by atoms with van der Waals surface area (Å²) >= 11 is 2.99. The molecule has 3 aromatic carbocycles. The van der Waals surface area contributed by atoms with Crippen LogP contribution in [-0.2, 0) is 20.9 Å². The van der Waals surface area contributed by atoms with Gasteiger partial charge in [-0.05, 0) is 80.5 Å². The number of carbonyl (C=O) groups is 3. The standard InChI is InChI=1S/C28H25IN2O6S/c1-35-23-14-19(13-22(29)26(23)37-17-18-6-7-20-4-2-3-5-21(20)12-18)15-24-27(33)31(28(34)38-24)16-25(32)30-8-10-36-11-9-30/h2-7,12-15H,8-11,16-17H2,1H3/b24-15+. The van der Waals surface area contributed by atoms with Crippen LogP contribution in [0.5, 0.6) is 11.5 Å². The van der Waals surface area contributed by atoms with Gasteiger partial charge in [0, 0.05) is 13.1 Å². The minimum atomic E-state index is -0.479. The van der Waals surface area contributed by atoms with Gasteiger partial charge in [0.25, 0.3) is 11.1 Å². The lowest BCUT2D eigenvalue weighted by atomic mass is 10.1. The molecule has 0 aliphatic carbocycles. The Morgan fingerprint density at radius 3 is 2.61 bits per heavy atom. The highest BCUT2D eigenvalue weighted by Crippen LogP contribution is 2.37. The molecule has 38 heavy (non-hydrogen) atoms. The van der Waals surface area contributed by atoms with Gasteiger partial charge in [-0.2, -0.15) is 0 Å². The first-order valence-corrected chi connectivity index (χ1v) is 13.9. The Balaban J connectivity index is 1.30. The predicted molar refractivity (Wildman–Crippen MR) is 154 cm³/mol. The number of thioether (sulfide) groups is 1. The third kappa shape index (κ3) is 5.82. The Kier molecular flexibility index (Phi) is 8.20. The number of amides is 3. The highest BCUT2D eigenvalue weighted by Gasteiger charge is 2.37. The molecule has 0 bridgehead atoms. The zero-order chi connectivity index (χ0) is 26.6. The molecule has 2 saturated heterocycles. The van der Waals surface area contributed by atoms with Crippen molar-refractivity contribution in [2.75, 3.05) is 40.0 Å². The molecule has 0 aromatic heterocycles. The molecule has 196 valence electrons. The number of methoxy groups -OCH3 is 1. The van der Waals surface area contributed by atoms with Crippen molar-refractivity contribution in [3.8, 4) is 11.5 Å². The molecule has 0 spiro atoms. The maximum atomic E-state index is 13.0. The first-order chi connectivity index (χ1) is 18.4. The summed E-state index contributed by atoms with van der Waals surface area (Å²) in [6, 6.07) is 18.0. The van der Waals surface area contributed by atoms with Crippen LogP contribution in [0.2, 0.25) is 0 Å². The summed E-state index contributed by atoms with van der Waals surface area (Å²) in [6.45, 7) is 1.92. The van der Waals surface area contributed by atoms with Gasteiger partial charge in [-0.15, -0.1) is 0 Å². The molecule has 3 aromatic rings. The molecule has 0 radical (unpaired) electrons. The number of hydrogen-bond donors (Lipinski definition) is 0. The number of imide groups is 1. The van der Waals surface area contributed by atoms with Gasteiger partial charge in [0.15, 0.2) is 11.5 Å². The molecule has 0 unspecified atom stereocenters. The zero-order valence-electron chi connectivity index (χ0n) is 20.6. The maximum absolute atomic E-state index is 13.0. The summed E-state index contributed by atoms with van der Waals surface area (Å²) < 4.78 is 17.8. The normalized spacial score (nSPS) is 16.9. The second kappa shape index (κ2) is 11.7. The van der Waals surface area contributed by atoms with E-state index in [1.165, 1.54) is 5.39 Å². The third-order valence-corrected chi connectivity index (χ3v) is 7.99. The van der Waals surface area contributed by atoms with Crippen LogP contribution >= 0.6 is 34.4 Å². The van der Waals surface area contributed by atoms with Crippen LogP contribution in [0.1, 0.15) is 11.1 Å². The molecule has 2 aliphatic rings. The smallest absolute Gasteiger partial charge is 0.294 e. The lowest BCUT2D eigenvalue weighted by Crippen LogP contribution is -2.46. The minimum Gasteiger partial charge on any atom is -0.493 e. The number of morpholine rings is 1. The molecular weight excluding hydrogens is 619 g/mol. The topological polar surface area (TPSA) is 85.4 Å². The van der Waals surface area contributed by atoms with Crippen LogP contribution in [-0.4, -0.2) is 66.8 Å². The molecule has 0 saturated carbocycles. The first-order valence-electron chi connectivity index (χ1n) is 12.0. The van der Waals surface area contributed by atoms with Gasteiger partial charge in [0.1, 0.15) is 13.2 Å². The van der Waals surface area contributed by atoms with Crippen LogP contribution in [0.4, 0.5) is 4.79 Å². The van der Waals surface area contributed by atoms with E-state index in [-0.39, 0.29) is 17.4 Å². The van der Waals surface area contributed by atoms with Crippen LogP contribution in [0.25, 0.3) is 16.8 Å². The second-order valence-electron chi connectivity index (χ2n) is 8.77. The van der Waals surface area contributed by atoms with Gasteiger partial charge in [0.2, 0.25) is 5.91 Å². The largest absolute Gasteiger partial charge is 0.493 e. The van der Waals surface area contributed by atoms with Crippen LogP contribution in [0.3, 0.4) is 0 Å². The van der Waals surface area contributed by atoms with Gasteiger partial charge in [-0.3, -0.25) is 19.3 Å². The summed E-state index contributed by atoms with van der Waals surface area (Å²) in [6.07, 6.45) is 1.64. The number of halogens is 1. The summed E-state index contributed by atoms with van der Waals surface area (Å²) in [5.41, 5.74) is 1.72. The lowest BCUT2D eigenvalue weighted by Gasteiger charge is -2.28. The fourth-order valence-electron chi connectivity index (χ4n) is 4.28.